The van der Waals surface area contributed by atoms with Crippen molar-refractivity contribution >= 4 is 33.9 Å². The van der Waals surface area contributed by atoms with Crippen LogP contribution in [0.15, 0.2) is 35.1 Å². The summed E-state index contributed by atoms with van der Waals surface area (Å²) < 4.78 is 6.58. The number of anilines is 1. The Hall–Kier alpha value is -3.07. The molecular formula is C21H24N4O4S. The molecule has 0 atom stereocenters. The van der Waals surface area contributed by atoms with E-state index in [2.05, 4.69) is 15.4 Å². The highest BCUT2D eigenvalue weighted by Gasteiger charge is 2.14. The van der Waals surface area contributed by atoms with E-state index in [1.807, 2.05) is 27.7 Å². The first kappa shape index (κ1) is 21.6. The second-order valence-corrected chi connectivity index (χ2v) is 8.67. The average Bonchev–Trinajstić information content (AvgIpc) is 3.11. The van der Waals surface area contributed by atoms with Gasteiger partial charge in [-0.25, -0.2) is 9.78 Å². The molecule has 3 aromatic rings. The summed E-state index contributed by atoms with van der Waals surface area (Å²) >= 11 is 1.34. The van der Waals surface area contributed by atoms with Gasteiger partial charge in [-0.05, 0) is 24.1 Å². The number of carbonyl (C=O) groups is 2. The molecule has 3 rings (SSSR count). The maximum atomic E-state index is 12.4. The van der Waals surface area contributed by atoms with Crippen LogP contribution in [0, 0.1) is 5.92 Å². The second kappa shape index (κ2) is 9.17. The van der Waals surface area contributed by atoms with Gasteiger partial charge >= 0.3 is 5.97 Å². The van der Waals surface area contributed by atoms with E-state index in [4.69, 9.17) is 4.74 Å². The van der Waals surface area contributed by atoms with E-state index in [9.17, 15) is 14.4 Å². The van der Waals surface area contributed by atoms with Crippen LogP contribution in [-0.4, -0.2) is 26.5 Å². The van der Waals surface area contributed by atoms with Crippen molar-refractivity contribution in [2.75, 3.05) is 5.32 Å². The summed E-state index contributed by atoms with van der Waals surface area (Å²) in [6, 6.07) is 7.85. The Balaban J connectivity index is 1.69. The highest BCUT2D eigenvalue weighted by atomic mass is 32.1. The van der Waals surface area contributed by atoms with E-state index >= 15 is 0 Å². The van der Waals surface area contributed by atoms with E-state index in [0.29, 0.717) is 28.3 Å². The van der Waals surface area contributed by atoms with Gasteiger partial charge in [0, 0.05) is 24.1 Å². The van der Waals surface area contributed by atoms with Gasteiger partial charge in [0.25, 0.3) is 5.56 Å². The lowest BCUT2D eigenvalue weighted by Crippen LogP contribution is -2.17. The molecule has 0 spiro atoms. The zero-order chi connectivity index (χ0) is 21.8. The van der Waals surface area contributed by atoms with Crippen LogP contribution in [0.25, 0.3) is 4.96 Å². The molecule has 0 radical (unpaired) electrons. The maximum Gasteiger partial charge on any atom is 0.338 e. The molecule has 0 fully saturated rings. The highest BCUT2D eigenvalue weighted by molar-refractivity contribution is 7.16. The summed E-state index contributed by atoms with van der Waals surface area (Å²) in [5.74, 6) is -0.254. The Morgan fingerprint density at radius 1 is 1.20 bits per heavy atom. The van der Waals surface area contributed by atoms with Crippen molar-refractivity contribution in [3.8, 4) is 0 Å². The summed E-state index contributed by atoms with van der Waals surface area (Å²) in [7, 11) is 0. The van der Waals surface area contributed by atoms with Gasteiger partial charge < -0.3 is 10.1 Å². The number of rotatable bonds is 7. The van der Waals surface area contributed by atoms with Crippen LogP contribution in [0.5, 0.6) is 0 Å². The Kier molecular flexibility index (Phi) is 6.61. The van der Waals surface area contributed by atoms with Crippen molar-refractivity contribution in [1.82, 2.24) is 14.6 Å². The molecule has 0 unspecified atom stereocenters. The van der Waals surface area contributed by atoms with E-state index in [1.165, 1.54) is 21.9 Å². The summed E-state index contributed by atoms with van der Waals surface area (Å²) in [6.45, 7) is 7.76. The lowest BCUT2D eigenvalue weighted by Gasteiger charge is -2.09. The van der Waals surface area contributed by atoms with Crippen LogP contribution in [0.2, 0.25) is 0 Å². The molecule has 2 heterocycles. The molecule has 1 aromatic carbocycles. The maximum absolute atomic E-state index is 12.4. The first-order valence-electron chi connectivity index (χ1n) is 9.69. The minimum atomic E-state index is -0.566. The van der Waals surface area contributed by atoms with Gasteiger partial charge in [0.1, 0.15) is 11.6 Å². The lowest BCUT2D eigenvalue weighted by atomic mass is 10.1. The number of fused-ring (bicyclic) bond motifs is 1. The van der Waals surface area contributed by atoms with Crippen LogP contribution >= 0.6 is 11.3 Å². The Bertz CT molecular complexity index is 1130. The summed E-state index contributed by atoms with van der Waals surface area (Å²) in [5, 5.41) is 7.85. The predicted molar refractivity (Wildman–Crippen MR) is 115 cm³/mol. The minimum Gasteiger partial charge on any atom is -0.456 e. The van der Waals surface area contributed by atoms with Gasteiger partial charge in [0.05, 0.1) is 11.3 Å². The molecule has 1 amide bonds. The van der Waals surface area contributed by atoms with Crippen molar-refractivity contribution in [2.24, 2.45) is 5.92 Å². The smallest absolute Gasteiger partial charge is 0.338 e. The van der Waals surface area contributed by atoms with Gasteiger partial charge in [-0.15, -0.1) is 0 Å². The van der Waals surface area contributed by atoms with Crippen molar-refractivity contribution in [2.45, 2.75) is 46.6 Å². The molecule has 30 heavy (non-hydrogen) atoms. The van der Waals surface area contributed by atoms with Crippen molar-refractivity contribution in [1.29, 1.82) is 0 Å². The third-order valence-electron chi connectivity index (χ3n) is 4.13. The summed E-state index contributed by atoms with van der Waals surface area (Å²) in [4.78, 5) is 41.4. The Labute approximate surface area is 177 Å². The van der Waals surface area contributed by atoms with Gasteiger partial charge in [0.2, 0.25) is 10.9 Å². The molecule has 9 heteroatoms. The van der Waals surface area contributed by atoms with Crippen molar-refractivity contribution in [3.05, 3.63) is 57.0 Å². The van der Waals surface area contributed by atoms with Gasteiger partial charge in [0.15, 0.2) is 0 Å². The SMILES string of the molecule is CC(C)CC(=O)Nc1cccc(C(=O)OCc2cc(=O)n3nc(C(C)C)sc3n2)c1. The van der Waals surface area contributed by atoms with Crippen LogP contribution in [-0.2, 0) is 16.1 Å². The Morgan fingerprint density at radius 3 is 2.67 bits per heavy atom. The summed E-state index contributed by atoms with van der Waals surface area (Å²) in [5.41, 5.74) is 0.867. The zero-order valence-corrected chi connectivity index (χ0v) is 18.2. The number of carbonyl (C=O) groups excluding carboxylic acids is 2. The largest absolute Gasteiger partial charge is 0.456 e. The quantitative estimate of drug-likeness (QED) is 0.577. The van der Waals surface area contributed by atoms with Crippen LogP contribution < -0.4 is 10.9 Å². The van der Waals surface area contributed by atoms with E-state index in [0.717, 1.165) is 5.01 Å². The van der Waals surface area contributed by atoms with Gasteiger partial charge in [-0.3, -0.25) is 9.59 Å². The lowest BCUT2D eigenvalue weighted by molar-refractivity contribution is -0.116. The number of nitrogens with zero attached hydrogens (tertiary/aromatic N) is 3. The fourth-order valence-corrected chi connectivity index (χ4v) is 3.63. The molecule has 0 saturated carbocycles. The topological polar surface area (TPSA) is 103 Å². The second-order valence-electron chi connectivity index (χ2n) is 7.68. The molecule has 0 aliphatic carbocycles. The van der Waals surface area contributed by atoms with Crippen LogP contribution in [0.1, 0.15) is 61.1 Å². The first-order valence-corrected chi connectivity index (χ1v) is 10.5. The number of nitrogens with one attached hydrogen (secondary N) is 1. The third-order valence-corrected chi connectivity index (χ3v) is 5.34. The molecule has 8 nitrogen and oxygen atoms in total. The highest BCUT2D eigenvalue weighted by Crippen LogP contribution is 2.20. The molecule has 0 aliphatic rings. The van der Waals surface area contributed by atoms with Crippen LogP contribution in [0.3, 0.4) is 0 Å². The van der Waals surface area contributed by atoms with Crippen LogP contribution in [0.4, 0.5) is 5.69 Å². The molecule has 0 aliphatic heterocycles. The number of amides is 1. The van der Waals surface area contributed by atoms with E-state index in [-0.39, 0.29) is 29.9 Å². The number of benzene rings is 1. The zero-order valence-electron chi connectivity index (χ0n) is 17.3. The molecule has 158 valence electrons. The number of esters is 1. The number of ether oxygens (including phenoxy) is 1. The number of aromatic nitrogens is 3. The monoisotopic (exact) mass is 428 g/mol. The molecule has 0 saturated heterocycles. The number of hydrogen-bond donors (Lipinski definition) is 1. The molecule has 2 aromatic heterocycles. The van der Waals surface area contributed by atoms with Gasteiger partial charge in [-0.1, -0.05) is 45.1 Å². The molecule has 1 N–H and O–H groups in total. The summed E-state index contributed by atoms with van der Waals surface area (Å²) in [6.07, 6.45) is 0.397. The number of hydrogen-bond acceptors (Lipinski definition) is 7. The van der Waals surface area contributed by atoms with Crippen molar-refractivity contribution in [3.63, 3.8) is 0 Å². The third kappa shape index (κ3) is 5.29. The Morgan fingerprint density at radius 2 is 1.97 bits per heavy atom. The van der Waals surface area contributed by atoms with E-state index in [1.54, 1.807) is 24.3 Å². The van der Waals surface area contributed by atoms with E-state index < -0.39 is 5.97 Å². The standard InChI is InChI=1S/C21H24N4O4S/c1-12(2)8-17(26)22-15-7-5-6-14(9-15)20(28)29-11-16-10-18(27)25-21(23-16)30-19(24-25)13(3)4/h5-7,9-10,12-13H,8,11H2,1-4H3,(H,22,26). The fraction of sp³-hybridized carbons (Fsp3) is 0.381. The minimum absolute atomic E-state index is 0.112. The fourth-order valence-electron chi connectivity index (χ4n) is 2.71. The van der Waals surface area contributed by atoms with Crippen molar-refractivity contribution < 1.29 is 14.3 Å². The first-order chi connectivity index (χ1) is 14.2. The normalized spacial score (nSPS) is 11.3. The van der Waals surface area contributed by atoms with Gasteiger partial charge in [-0.2, -0.15) is 9.61 Å². The average molecular weight is 429 g/mol. The predicted octanol–water partition coefficient (Wildman–Crippen LogP) is 3.62. The molecular weight excluding hydrogens is 404 g/mol. The molecule has 0 bridgehead atoms.